The molecule has 0 spiro atoms. The van der Waals surface area contributed by atoms with E-state index in [1.807, 2.05) is 37.3 Å². The van der Waals surface area contributed by atoms with Crippen molar-refractivity contribution in [2.75, 3.05) is 23.3 Å². The van der Waals surface area contributed by atoms with E-state index in [0.717, 1.165) is 42.1 Å². The molecule has 0 bridgehead atoms. The Morgan fingerprint density at radius 2 is 1.65 bits per heavy atom. The van der Waals surface area contributed by atoms with Crippen LogP contribution in [-0.2, 0) is 0 Å². The average molecular weight is 304 g/mol. The molecule has 1 saturated heterocycles. The molecule has 1 aliphatic heterocycles. The van der Waals surface area contributed by atoms with Gasteiger partial charge in [-0.05, 0) is 37.6 Å². The summed E-state index contributed by atoms with van der Waals surface area (Å²) in [5.41, 5.74) is 4.12. The van der Waals surface area contributed by atoms with Crippen LogP contribution in [-0.4, -0.2) is 29.1 Å². The third-order valence-corrected chi connectivity index (χ3v) is 4.35. The highest BCUT2D eigenvalue weighted by Crippen LogP contribution is 2.25. The molecule has 1 atom stereocenters. The molecule has 3 aromatic rings. The van der Waals surface area contributed by atoms with Crippen LogP contribution in [0.4, 0.5) is 11.5 Å². The summed E-state index contributed by atoms with van der Waals surface area (Å²) in [7, 11) is 0. The van der Waals surface area contributed by atoms with Crippen LogP contribution in [0.3, 0.4) is 0 Å². The lowest BCUT2D eigenvalue weighted by Crippen LogP contribution is -2.27. The van der Waals surface area contributed by atoms with Gasteiger partial charge in [-0.1, -0.05) is 30.3 Å². The summed E-state index contributed by atoms with van der Waals surface area (Å²) < 4.78 is 0. The van der Waals surface area contributed by atoms with Crippen molar-refractivity contribution in [2.24, 2.45) is 0 Å². The van der Waals surface area contributed by atoms with Gasteiger partial charge in [0.15, 0.2) is 5.82 Å². The molecular formula is C19H20N4. The van der Waals surface area contributed by atoms with Gasteiger partial charge in [-0.3, -0.25) is 0 Å². The first-order valence-corrected chi connectivity index (χ1v) is 8.09. The number of nitrogens with zero attached hydrogens (tertiary/aromatic N) is 3. The largest absolute Gasteiger partial charge is 0.380 e. The van der Waals surface area contributed by atoms with E-state index in [-0.39, 0.29) is 0 Å². The monoisotopic (exact) mass is 304 g/mol. The topological polar surface area (TPSA) is 41.1 Å². The predicted octanol–water partition coefficient (Wildman–Crippen LogP) is 3.63. The smallest absolute Gasteiger partial charge is 0.150 e. The highest BCUT2D eigenvalue weighted by Gasteiger charge is 2.25. The molecule has 2 aromatic carbocycles. The van der Waals surface area contributed by atoms with Crippen molar-refractivity contribution in [3.05, 3.63) is 60.3 Å². The number of rotatable bonds is 3. The quantitative estimate of drug-likeness (QED) is 0.802. The second kappa shape index (κ2) is 5.88. The first kappa shape index (κ1) is 14.0. The second-order valence-electron chi connectivity index (χ2n) is 6.06. The van der Waals surface area contributed by atoms with E-state index in [1.54, 1.807) is 0 Å². The van der Waals surface area contributed by atoms with Crippen LogP contribution < -0.4 is 10.2 Å². The van der Waals surface area contributed by atoms with Gasteiger partial charge in [0, 0.05) is 24.8 Å². The minimum Gasteiger partial charge on any atom is -0.380 e. The SMILES string of the molecule is Cc1nc2ccccc2nc1N1CCC(Nc2ccccc2)C1. The van der Waals surface area contributed by atoms with Crippen molar-refractivity contribution in [3.63, 3.8) is 0 Å². The molecular weight excluding hydrogens is 284 g/mol. The summed E-state index contributed by atoms with van der Waals surface area (Å²) in [6.07, 6.45) is 1.11. The van der Waals surface area contributed by atoms with E-state index in [0.29, 0.717) is 6.04 Å². The van der Waals surface area contributed by atoms with E-state index >= 15 is 0 Å². The molecule has 1 aromatic heterocycles. The van der Waals surface area contributed by atoms with Crippen LogP contribution in [0.1, 0.15) is 12.1 Å². The molecule has 4 nitrogen and oxygen atoms in total. The summed E-state index contributed by atoms with van der Waals surface area (Å²) in [5, 5.41) is 3.61. The first-order valence-electron chi connectivity index (χ1n) is 8.09. The Hall–Kier alpha value is -2.62. The van der Waals surface area contributed by atoms with Gasteiger partial charge >= 0.3 is 0 Å². The van der Waals surface area contributed by atoms with Crippen molar-refractivity contribution >= 4 is 22.5 Å². The minimum absolute atomic E-state index is 0.449. The van der Waals surface area contributed by atoms with Gasteiger partial charge in [0.05, 0.1) is 16.7 Å². The average Bonchev–Trinajstić information content (AvgIpc) is 3.03. The van der Waals surface area contributed by atoms with E-state index in [4.69, 9.17) is 9.97 Å². The van der Waals surface area contributed by atoms with Crippen molar-refractivity contribution in [3.8, 4) is 0 Å². The Morgan fingerprint density at radius 1 is 0.957 bits per heavy atom. The third-order valence-electron chi connectivity index (χ3n) is 4.35. The van der Waals surface area contributed by atoms with Gasteiger partial charge in [-0.2, -0.15) is 0 Å². The number of para-hydroxylation sites is 3. The molecule has 1 unspecified atom stereocenters. The summed E-state index contributed by atoms with van der Waals surface area (Å²) in [5.74, 6) is 1.01. The maximum absolute atomic E-state index is 4.83. The Kier molecular flexibility index (Phi) is 3.58. The van der Waals surface area contributed by atoms with Crippen LogP contribution >= 0.6 is 0 Å². The molecule has 1 aliphatic rings. The molecule has 0 radical (unpaired) electrons. The maximum Gasteiger partial charge on any atom is 0.150 e. The van der Waals surface area contributed by atoms with E-state index < -0.39 is 0 Å². The number of anilines is 2. The number of hydrogen-bond acceptors (Lipinski definition) is 4. The predicted molar refractivity (Wildman–Crippen MR) is 95.0 cm³/mol. The Balaban J connectivity index is 1.54. The molecule has 1 fully saturated rings. The molecule has 0 amide bonds. The Bertz CT molecular complexity index is 816. The zero-order valence-corrected chi connectivity index (χ0v) is 13.2. The molecule has 2 heterocycles. The van der Waals surface area contributed by atoms with Gasteiger partial charge in [0.2, 0.25) is 0 Å². The van der Waals surface area contributed by atoms with Crippen molar-refractivity contribution in [1.82, 2.24) is 9.97 Å². The van der Waals surface area contributed by atoms with Crippen LogP contribution in [0.5, 0.6) is 0 Å². The van der Waals surface area contributed by atoms with Gasteiger partial charge in [0.25, 0.3) is 0 Å². The molecule has 4 heteroatoms. The summed E-state index contributed by atoms with van der Waals surface area (Å²) >= 11 is 0. The summed E-state index contributed by atoms with van der Waals surface area (Å²) in [6.45, 7) is 4.02. The van der Waals surface area contributed by atoms with Gasteiger partial charge in [-0.15, -0.1) is 0 Å². The highest BCUT2D eigenvalue weighted by atomic mass is 15.2. The number of hydrogen-bond donors (Lipinski definition) is 1. The third kappa shape index (κ3) is 2.84. The van der Waals surface area contributed by atoms with E-state index in [1.165, 1.54) is 5.69 Å². The molecule has 116 valence electrons. The fourth-order valence-corrected chi connectivity index (χ4v) is 3.22. The van der Waals surface area contributed by atoms with Crippen LogP contribution in [0.25, 0.3) is 11.0 Å². The van der Waals surface area contributed by atoms with E-state index in [2.05, 4.69) is 34.5 Å². The summed E-state index contributed by atoms with van der Waals surface area (Å²) in [6, 6.07) is 18.9. The molecule has 0 aliphatic carbocycles. The first-order chi connectivity index (χ1) is 11.3. The molecule has 0 saturated carbocycles. The number of fused-ring (bicyclic) bond motifs is 1. The Morgan fingerprint density at radius 3 is 2.43 bits per heavy atom. The fraction of sp³-hybridized carbons (Fsp3) is 0.263. The molecule has 1 N–H and O–H groups in total. The normalized spacial score (nSPS) is 17.6. The molecule has 4 rings (SSSR count). The van der Waals surface area contributed by atoms with Crippen molar-refractivity contribution in [1.29, 1.82) is 0 Å². The molecule has 23 heavy (non-hydrogen) atoms. The van der Waals surface area contributed by atoms with Gasteiger partial charge in [0.1, 0.15) is 0 Å². The Labute approximate surface area is 136 Å². The van der Waals surface area contributed by atoms with Crippen molar-refractivity contribution < 1.29 is 0 Å². The van der Waals surface area contributed by atoms with Gasteiger partial charge < -0.3 is 10.2 Å². The zero-order chi connectivity index (χ0) is 15.6. The number of aryl methyl sites for hydroxylation is 1. The maximum atomic E-state index is 4.83. The number of benzene rings is 2. The summed E-state index contributed by atoms with van der Waals surface area (Å²) in [4.78, 5) is 11.9. The lowest BCUT2D eigenvalue weighted by Gasteiger charge is -2.20. The van der Waals surface area contributed by atoms with Crippen LogP contribution in [0.15, 0.2) is 54.6 Å². The lowest BCUT2D eigenvalue weighted by atomic mass is 10.2. The standard InChI is InChI=1S/C19H20N4/c1-14-19(22-18-10-6-5-9-17(18)20-14)23-12-11-16(13-23)21-15-7-3-2-4-8-15/h2-10,16,21H,11-13H2,1H3. The van der Waals surface area contributed by atoms with Crippen LogP contribution in [0, 0.1) is 6.92 Å². The highest BCUT2D eigenvalue weighted by molar-refractivity contribution is 5.76. The van der Waals surface area contributed by atoms with Crippen molar-refractivity contribution in [2.45, 2.75) is 19.4 Å². The second-order valence-corrected chi connectivity index (χ2v) is 6.06. The van der Waals surface area contributed by atoms with Crippen LogP contribution in [0.2, 0.25) is 0 Å². The fourth-order valence-electron chi connectivity index (χ4n) is 3.22. The van der Waals surface area contributed by atoms with E-state index in [9.17, 15) is 0 Å². The zero-order valence-electron chi connectivity index (χ0n) is 13.2. The van der Waals surface area contributed by atoms with Gasteiger partial charge in [-0.25, -0.2) is 9.97 Å². The number of aromatic nitrogens is 2. The lowest BCUT2D eigenvalue weighted by molar-refractivity contribution is 0.805. The number of nitrogens with one attached hydrogen (secondary N) is 1. The minimum atomic E-state index is 0.449.